The molecular formula is C11H12N6OS. The van der Waals surface area contributed by atoms with Crippen LogP contribution in [0.5, 0.6) is 0 Å². The fraction of sp³-hybridized carbons (Fsp3) is 0.364. The maximum absolute atomic E-state index is 12.0. The summed E-state index contributed by atoms with van der Waals surface area (Å²) in [7, 11) is 0. The Morgan fingerprint density at radius 2 is 2.16 bits per heavy atom. The van der Waals surface area contributed by atoms with Crippen LogP contribution in [-0.4, -0.2) is 39.2 Å². The van der Waals surface area contributed by atoms with Crippen LogP contribution in [0.2, 0.25) is 0 Å². The van der Waals surface area contributed by atoms with E-state index in [0.717, 1.165) is 31.7 Å². The standard InChI is InChI=1S/C11H12N6OS/c18-10(15-11-16-13-7-19-11)8-5-12-6-9(14-8)17-3-1-2-4-17/h5-7H,1-4H2,(H,15,16,18). The van der Waals surface area contributed by atoms with Crippen molar-refractivity contribution in [1.29, 1.82) is 0 Å². The second-order valence-corrected chi connectivity index (χ2v) is 4.99. The van der Waals surface area contributed by atoms with Gasteiger partial charge in [-0.25, -0.2) is 4.98 Å². The highest BCUT2D eigenvalue weighted by Crippen LogP contribution is 2.17. The number of nitrogens with one attached hydrogen (secondary N) is 1. The third-order valence-electron chi connectivity index (χ3n) is 2.87. The molecule has 1 amide bonds. The van der Waals surface area contributed by atoms with Gasteiger partial charge in [0.1, 0.15) is 17.0 Å². The van der Waals surface area contributed by atoms with Crippen molar-refractivity contribution in [2.75, 3.05) is 23.3 Å². The second kappa shape index (κ2) is 5.27. The van der Waals surface area contributed by atoms with E-state index >= 15 is 0 Å². The third-order valence-corrected chi connectivity index (χ3v) is 3.47. The number of nitrogens with zero attached hydrogens (tertiary/aromatic N) is 5. The van der Waals surface area contributed by atoms with Crippen molar-refractivity contribution >= 4 is 28.2 Å². The quantitative estimate of drug-likeness (QED) is 0.906. The maximum Gasteiger partial charge on any atom is 0.277 e. The SMILES string of the molecule is O=C(Nc1nncs1)c1cncc(N2CCCC2)n1. The number of anilines is 2. The van der Waals surface area contributed by atoms with Gasteiger partial charge >= 0.3 is 0 Å². The molecule has 98 valence electrons. The number of amides is 1. The Morgan fingerprint density at radius 1 is 1.32 bits per heavy atom. The van der Waals surface area contributed by atoms with Gasteiger partial charge in [0, 0.05) is 13.1 Å². The molecule has 3 heterocycles. The maximum atomic E-state index is 12.0. The number of aromatic nitrogens is 4. The average molecular weight is 276 g/mol. The summed E-state index contributed by atoms with van der Waals surface area (Å²) in [6.07, 6.45) is 5.45. The second-order valence-electron chi connectivity index (χ2n) is 4.15. The predicted octanol–water partition coefficient (Wildman–Crippen LogP) is 1.18. The summed E-state index contributed by atoms with van der Waals surface area (Å²) in [4.78, 5) is 22.5. The first-order valence-electron chi connectivity index (χ1n) is 5.97. The summed E-state index contributed by atoms with van der Waals surface area (Å²) in [6, 6.07) is 0. The molecule has 0 saturated carbocycles. The number of hydrogen-bond donors (Lipinski definition) is 1. The molecule has 0 aliphatic carbocycles. The highest BCUT2D eigenvalue weighted by Gasteiger charge is 2.16. The lowest BCUT2D eigenvalue weighted by molar-refractivity contribution is 0.102. The summed E-state index contributed by atoms with van der Waals surface area (Å²) < 4.78 is 0. The Labute approximate surface area is 113 Å². The van der Waals surface area contributed by atoms with Gasteiger partial charge in [0.2, 0.25) is 5.13 Å². The van der Waals surface area contributed by atoms with Crippen LogP contribution in [0.1, 0.15) is 23.3 Å². The van der Waals surface area contributed by atoms with E-state index < -0.39 is 0 Å². The van der Waals surface area contributed by atoms with Crippen molar-refractivity contribution in [1.82, 2.24) is 20.2 Å². The highest BCUT2D eigenvalue weighted by molar-refractivity contribution is 7.13. The van der Waals surface area contributed by atoms with Gasteiger partial charge in [0.25, 0.3) is 5.91 Å². The van der Waals surface area contributed by atoms with Crippen LogP contribution < -0.4 is 10.2 Å². The Hall–Kier alpha value is -2.09. The number of rotatable bonds is 3. The van der Waals surface area contributed by atoms with Gasteiger partial charge in [-0.15, -0.1) is 10.2 Å². The smallest absolute Gasteiger partial charge is 0.277 e. The zero-order valence-corrected chi connectivity index (χ0v) is 10.9. The fourth-order valence-corrected chi connectivity index (χ4v) is 2.39. The van der Waals surface area contributed by atoms with Crippen LogP contribution in [0.4, 0.5) is 10.9 Å². The van der Waals surface area contributed by atoms with E-state index in [9.17, 15) is 4.79 Å². The molecule has 1 saturated heterocycles. The molecule has 0 atom stereocenters. The highest BCUT2D eigenvalue weighted by atomic mass is 32.1. The summed E-state index contributed by atoms with van der Waals surface area (Å²) >= 11 is 1.26. The molecule has 0 aromatic carbocycles. The molecule has 1 aliphatic heterocycles. The lowest BCUT2D eigenvalue weighted by atomic mass is 10.4. The predicted molar refractivity (Wildman–Crippen MR) is 71.3 cm³/mol. The molecule has 1 fully saturated rings. The van der Waals surface area contributed by atoms with Crippen molar-refractivity contribution in [2.24, 2.45) is 0 Å². The first kappa shape index (κ1) is 12.0. The number of carbonyl (C=O) groups is 1. The van der Waals surface area contributed by atoms with Gasteiger partial charge in [0.05, 0.1) is 12.4 Å². The van der Waals surface area contributed by atoms with Crippen molar-refractivity contribution < 1.29 is 4.79 Å². The molecular weight excluding hydrogens is 264 g/mol. The Balaban J connectivity index is 1.76. The van der Waals surface area contributed by atoms with Gasteiger partial charge in [-0.1, -0.05) is 11.3 Å². The number of carbonyl (C=O) groups excluding carboxylic acids is 1. The van der Waals surface area contributed by atoms with Crippen LogP contribution in [0.3, 0.4) is 0 Å². The van der Waals surface area contributed by atoms with E-state index in [2.05, 4.69) is 30.4 Å². The lowest BCUT2D eigenvalue weighted by Gasteiger charge is -2.15. The van der Waals surface area contributed by atoms with Gasteiger partial charge < -0.3 is 4.90 Å². The monoisotopic (exact) mass is 276 g/mol. The van der Waals surface area contributed by atoms with E-state index in [0.29, 0.717) is 10.8 Å². The van der Waals surface area contributed by atoms with Crippen molar-refractivity contribution in [3.63, 3.8) is 0 Å². The van der Waals surface area contributed by atoms with E-state index in [1.807, 2.05) is 0 Å². The Morgan fingerprint density at radius 3 is 2.89 bits per heavy atom. The van der Waals surface area contributed by atoms with Gasteiger partial charge in [-0.05, 0) is 12.8 Å². The van der Waals surface area contributed by atoms with Crippen molar-refractivity contribution in [3.8, 4) is 0 Å². The summed E-state index contributed by atoms with van der Waals surface area (Å²) in [5.41, 5.74) is 1.85. The van der Waals surface area contributed by atoms with Crippen molar-refractivity contribution in [2.45, 2.75) is 12.8 Å². The average Bonchev–Trinajstić information content (AvgIpc) is 3.12. The van der Waals surface area contributed by atoms with Gasteiger partial charge in [-0.2, -0.15) is 0 Å². The summed E-state index contributed by atoms with van der Waals surface area (Å²) in [6.45, 7) is 1.94. The van der Waals surface area contributed by atoms with E-state index in [1.54, 1.807) is 11.7 Å². The molecule has 8 heteroatoms. The largest absolute Gasteiger partial charge is 0.355 e. The molecule has 3 rings (SSSR count). The minimum absolute atomic E-state index is 0.291. The van der Waals surface area contributed by atoms with Crippen molar-refractivity contribution in [3.05, 3.63) is 23.6 Å². The minimum Gasteiger partial charge on any atom is -0.355 e. The minimum atomic E-state index is -0.315. The molecule has 0 radical (unpaired) electrons. The lowest BCUT2D eigenvalue weighted by Crippen LogP contribution is -2.21. The molecule has 0 unspecified atom stereocenters. The summed E-state index contributed by atoms with van der Waals surface area (Å²) in [5.74, 6) is 0.438. The summed E-state index contributed by atoms with van der Waals surface area (Å²) in [5, 5.41) is 10.5. The van der Waals surface area contributed by atoms with Crippen LogP contribution in [-0.2, 0) is 0 Å². The number of hydrogen-bond acceptors (Lipinski definition) is 7. The molecule has 2 aromatic heterocycles. The first-order valence-corrected chi connectivity index (χ1v) is 6.85. The zero-order chi connectivity index (χ0) is 13.1. The first-order chi connectivity index (χ1) is 9.33. The third kappa shape index (κ3) is 2.68. The molecule has 0 bridgehead atoms. The topological polar surface area (TPSA) is 83.9 Å². The van der Waals surface area contributed by atoms with Crippen LogP contribution in [0.15, 0.2) is 17.9 Å². The molecule has 19 heavy (non-hydrogen) atoms. The molecule has 1 aliphatic rings. The van der Waals surface area contributed by atoms with Gasteiger partial charge in [-0.3, -0.25) is 15.1 Å². The van der Waals surface area contributed by atoms with Crippen LogP contribution in [0, 0.1) is 0 Å². The van der Waals surface area contributed by atoms with Crippen LogP contribution in [0.25, 0.3) is 0 Å². The molecule has 1 N–H and O–H groups in total. The Kier molecular flexibility index (Phi) is 3.32. The van der Waals surface area contributed by atoms with Crippen LogP contribution >= 0.6 is 11.3 Å². The fourth-order valence-electron chi connectivity index (χ4n) is 1.95. The molecule has 0 spiro atoms. The molecule has 2 aromatic rings. The zero-order valence-electron chi connectivity index (χ0n) is 10.1. The van der Waals surface area contributed by atoms with Gasteiger partial charge in [0.15, 0.2) is 0 Å². The molecule has 7 nitrogen and oxygen atoms in total. The Bertz CT molecular complexity index is 566. The van der Waals surface area contributed by atoms with E-state index in [-0.39, 0.29) is 5.91 Å². The normalized spacial score (nSPS) is 14.6. The van der Waals surface area contributed by atoms with E-state index in [1.165, 1.54) is 17.5 Å². The van der Waals surface area contributed by atoms with E-state index in [4.69, 9.17) is 0 Å².